The number of para-hydroxylation sites is 1. The molecular formula is C18H21N3O2. The van der Waals surface area contributed by atoms with Gasteiger partial charge in [-0.3, -0.25) is 9.59 Å². The Hall–Kier alpha value is -2.14. The Labute approximate surface area is 134 Å². The lowest BCUT2D eigenvalue weighted by atomic mass is 9.96. The number of rotatable bonds is 1. The van der Waals surface area contributed by atoms with Gasteiger partial charge in [0.05, 0.1) is 0 Å². The van der Waals surface area contributed by atoms with Crippen molar-refractivity contribution < 1.29 is 4.79 Å². The number of benzene rings is 1. The Morgan fingerprint density at radius 3 is 2.83 bits per heavy atom. The summed E-state index contributed by atoms with van der Waals surface area (Å²) >= 11 is 0. The van der Waals surface area contributed by atoms with Crippen LogP contribution in [-0.4, -0.2) is 53.4 Å². The number of aromatic amines is 1. The number of carbonyl (C=O) groups excluding carboxylic acids is 1. The molecule has 3 saturated heterocycles. The average molecular weight is 311 g/mol. The molecule has 5 nitrogen and oxygen atoms in total. The predicted octanol–water partition coefficient (Wildman–Crippen LogP) is 1.69. The molecule has 3 aliphatic heterocycles. The number of pyridine rings is 1. The fourth-order valence-corrected chi connectivity index (χ4v) is 3.96. The van der Waals surface area contributed by atoms with Crippen molar-refractivity contribution in [3.05, 3.63) is 46.2 Å². The zero-order valence-corrected chi connectivity index (χ0v) is 13.3. The van der Waals surface area contributed by atoms with Crippen molar-refractivity contribution in [1.82, 2.24) is 14.8 Å². The van der Waals surface area contributed by atoms with E-state index in [2.05, 4.69) is 16.9 Å². The number of H-pyrrole nitrogens is 1. The first-order chi connectivity index (χ1) is 11.1. The summed E-state index contributed by atoms with van der Waals surface area (Å²) in [6.45, 7) is 2.60. The smallest absolute Gasteiger partial charge is 0.270 e. The summed E-state index contributed by atoms with van der Waals surface area (Å²) in [6, 6.07) is 9.21. The van der Waals surface area contributed by atoms with E-state index in [4.69, 9.17) is 0 Å². The molecule has 0 saturated carbocycles. The summed E-state index contributed by atoms with van der Waals surface area (Å²) in [7, 11) is 2.14. The van der Waals surface area contributed by atoms with Crippen LogP contribution in [0.1, 0.15) is 23.3 Å². The highest BCUT2D eigenvalue weighted by molar-refractivity contribution is 5.95. The Morgan fingerprint density at radius 1 is 1.17 bits per heavy atom. The number of aromatic nitrogens is 1. The third-order valence-corrected chi connectivity index (χ3v) is 5.24. The van der Waals surface area contributed by atoms with E-state index in [1.54, 1.807) is 6.07 Å². The number of hydrogen-bond donors (Lipinski definition) is 1. The zero-order valence-electron chi connectivity index (χ0n) is 13.3. The number of piperidine rings is 1. The minimum absolute atomic E-state index is 0.0555. The second kappa shape index (κ2) is 5.49. The summed E-state index contributed by atoms with van der Waals surface area (Å²) in [5, 5.41) is 0.625. The number of likely N-dealkylation sites (N-methyl/N-ethyl adjacent to an activating group) is 1. The van der Waals surface area contributed by atoms with Crippen molar-refractivity contribution in [2.45, 2.75) is 18.9 Å². The molecule has 0 spiro atoms. The molecule has 23 heavy (non-hydrogen) atoms. The van der Waals surface area contributed by atoms with Crippen LogP contribution < -0.4 is 5.43 Å². The first-order valence-electron chi connectivity index (χ1n) is 8.23. The summed E-state index contributed by atoms with van der Waals surface area (Å²) < 4.78 is 0. The molecule has 1 N–H and O–H groups in total. The van der Waals surface area contributed by atoms with Gasteiger partial charge in [-0.05, 0) is 37.9 Å². The van der Waals surface area contributed by atoms with E-state index >= 15 is 0 Å². The second-order valence-electron chi connectivity index (χ2n) is 6.84. The molecule has 4 heterocycles. The molecule has 0 aliphatic carbocycles. The monoisotopic (exact) mass is 311 g/mol. The number of fused-ring (bicyclic) bond motifs is 5. The normalized spacial score (nSPS) is 24.8. The molecule has 0 unspecified atom stereocenters. The molecule has 1 aromatic heterocycles. The minimum Gasteiger partial charge on any atom is -0.350 e. The van der Waals surface area contributed by atoms with Crippen LogP contribution in [0.4, 0.5) is 0 Å². The van der Waals surface area contributed by atoms with Gasteiger partial charge >= 0.3 is 0 Å². The Balaban J connectivity index is 1.68. The van der Waals surface area contributed by atoms with E-state index in [9.17, 15) is 9.59 Å². The highest BCUT2D eigenvalue weighted by Crippen LogP contribution is 2.27. The van der Waals surface area contributed by atoms with Crippen LogP contribution in [0, 0.1) is 5.92 Å². The molecule has 2 bridgehead atoms. The second-order valence-corrected chi connectivity index (χ2v) is 6.84. The molecule has 2 atom stereocenters. The van der Waals surface area contributed by atoms with E-state index < -0.39 is 0 Å². The van der Waals surface area contributed by atoms with Gasteiger partial charge in [0.1, 0.15) is 5.69 Å². The van der Waals surface area contributed by atoms with Gasteiger partial charge in [0.2, 0.25) is 0 Å². The highest BCUT2D eigenvalue weighted by Gasteiger charge is 2.35. The van der Waals surface area contributed by atoms with E-state index in [0.717, 1.165) is 31.6 Å². The number of nitrogens with zero attached hydrogens (tertiary/aromatic N) is 2. The maximum Gasteiger partial charge on any atom is 0.270 e. The first kappa shape index (κ1) is 14.5. The lowest BCUT2D eigenvalue weighted by Crippen LogP contribution is -2.42. The van der Waals surface area contributed by atoms with Gasteiger partial charge < -0.3 is 14.8 Å². The molecule has 5 heteroatoms. The van der Waals surface area contributed by atoms with Crippen LogP contribution in [0.25, 0.3) is 10.9 Å². The lowest BCUT2D eigenvalue weighted by Gasteiger charge is -2.32. The first-order valence-corrected chi connectivity index (χ1v) is 8.23. The average Bonchev–Trinajstić information content (AvgIpc) is 2.85. The maximum absolute atomic E-state index is 12.9. The van der Waals surface area contributed by atoms with E-state index in [0.29, 0.717) is 23.0 Å². The van der Waals surface area contributed by atoms with Crippen LogP contribution in [0.2, 0.25) is 0 Å². The van der Waals surface area contributed by atoms with Crippen LogP contribution in [0.3, 0.4) is 0 Å². The fraction of sp³-hybridized carbons (Fsp3) is 0.444. The van der Waals surface area contributed by atoms with Crippen molar-refractivity contribution in [1.29, 1.82) is 0 Å². The largest absolute Gasteiger partial charge is 0.350 e. The highest BCUT2D eigenvalue weighted by atomic mass is 16.2. The van der Waals surface area contributed by atoms with Crippen molar-refractivity contribution in [2.24, 2.45) is 5.92 Å². The Bertz CT molecular complexity index is 813. The van der Waals surface area contributed by atoms with Gasteiger partial charge in [-0.25, -0.2) is 0 Å². The Morgan fingerprint density at radius 2 is 2.00 bits per heavy atom. The van der Waals surface area contributed by atoms with Gasteiger partial charge in [-0.15, -0.1) is 0 Å². The quantitative estimate of drug-likeness (QED) is 0.872. The third-order valence-electron chi connectivity index (χ3n) is 5.24. The van der Waals surface area contributed by atoms with Gasteiger partial charge in [0, 0.05) is 42.6 Å². The predicted molar refractivity (Wildman–Crippen MR) is 89.6 cm³/mol. The third kappa shape index (κ3) is 2.55. The summed E-state index contributed by atoms with van der Waals surface area (Å²) in [5.74, 6) is 0.481. The molecule has 3 aliphatic rings. The molecule has 5 rings (SSSR count). The maximum atomic E-state index is 12.9. The standard InChI is InChI=1S/C18H21N3O2/c1-20-9-12-6-7-13(20)11-21(10-12)18(23)16-8-17(22)14-4-2-3-5-15(14)19-16/h2-5,8,12-13H,6-7,9-11H2,1H3,(H,19,22)/t12-,13-/m0/s1. The van der Waals surface area contributed by atoms with E-state index in [1.807, 2.05) is 23.1 Å². The molecule has 3 fully saturated rings. The topological polar surface area (TPSA) is 56.4 Å². The number of carbonyl (C=O) groups is 1. The van der Waals surface area contributed by atoms with Crippen molar-refractivity contribution in [3.8, 4) is 0 Å². The number of amides is 1. The zero-order chi connectivity index (χ0) is 16.0. The number of nitrogens with one attached hydrogen (secondary N) is 1. The molecule has 2 aromatic rings. The van der Waals surface area contributed by atoms with E-state index in [-0.39, 0.29) is 11.3 Å². The van der Waals surface area contributed by atoms with Crippen molar-refractivity contribution in [2.75, 3.05) is 26.7 Å². The molecule has 1 aromatic carbocycles. The van der Waals surface area contributed by atoms with Crippen LogP contribution in [0.15, 0.2) is 35.1 Å². The van der Waals surface area contributed by atoms with Crippen LogP contribution >= 0.6 is 0 Å². The van der Waals surface area contributed by atoms with Gasteiger partial charge in [-0.1, -0.05) is 12.1 Å². The van der Waals surface area contributed by atoms with Gasteiger partial charge in [0.15, 0.2) is 5.43 Å². The minimum atomic E-state index is -0.0994. The molecular weight excluding hydrogens is 290 g/mol. The summed E-state index contributed by atoms with van der Waals surface area (Å²) in [4.78, 5) is 32.6. The fourth-order valence-electron chi connectivity index (χ4n) is 3.96. The van der Waals surface area contributed by atoms with Gasteiger partial charge in [-0.2, -0.15) is 0 Å². The SMILES string of the molecule is CN1C[C@@H]2CC[C@H]1CN(C(=O)c1cc(=O)c3ccccc3[nH]1)C2. The van der Waals surface area contributed by atoms with E-state index in [1.165, 1.54) is 12.5 Å². The molecule has 0 radical (unpaired) electrons. The molecule has 1 amide bonds. The van der Waals surface area contributed by atoms with Crippen LogP contribution in [0.5, 0.6) is 0 Å². The molecule has 120 valence electrons. The number of hydrogen-bond acceptors (Lipinski definition) is 3. The van der Waals surface area contributed by atoms with Crippen molar-refractivity contribution >= 4 is 16.8 Å². The Kier molecular flexibility index (Phi) is 3.45. The summed E-state index contributed by atoms with van der Waals surface area (Å²) in [6.07, 6.45) is 2.34. The van der Waals surface area contributed by atoms with Gasteiger partial charge in [0.25, 0.3) is 5.91 Å². The van der Waals surface area contributed by atoms with Crippen LogP contribution in [-0.2, 0) is 0 Å². The van der Waals surface area contributed by atoms with Crippen molar-refractivity contribution in [3.63, 3.8) is 0 Å². The summed E-state index contributed by atoms with van der Waals surface area (Å²) in [5.41, 5.74) is 1.02. The lowest BCUT2D eigenvalue weighted by molar-refractivity contribution is 0.0737.